The molecule has 0 bridgehead atoms. The highest BCUT2D eigenvalue weighted by Crippen LogP contribution is 2.44. The number of hydrogen-bond donors (Lipinski definition) is 1. The van der Waals surface area contributed by atoms with Crippen LogP contribution in [0, 0.1) is 0 Å². The Morgan fingerprint density at radius 2 is 1.50 bits per heavy atom. The van der Waals surface area contributed by atoms with Gasteiger partial charge in [-0.2, -0.15) is 39.5 Å². The summed E-state index contributed by atoms with van der Waals surface area (Å²) in [6.45, 7) is 0. The summed E-state index contributed by atoms with van der Waals surface area (Å²) in [4.78, 5) is 16.1. The fraction of sp³-hybridized carbons (Fsp3) is 0.273. The summed E-state index contributed by atoms with van der Waals surface area (Å²) >= 11 is 2.59. The van der Waals surface area contributed by atoms with Gasteiger partial charge in [-0.1, -0.05) is 6.07 Å². The molecule has 2 aromatic carbocycles. The Hall–Kier alpha value is -3.03. The van der Waals surface area contributed by atoms with E-state index in [0.29, 0.717) is 11.0 Å². The van der Waals surface area contributed by atoms with E-state index in [1.807, 2.05) is 0 Å². The van der Waals surface area contributed by atoms with E-state index in [-0.39, 0.29) is 23.9 Å². The molecule has 1 N–H and O–H groups in total. The van der Waals surface area contributed by atoms with Crippen LogP contribution in [0.2, 0.25) is 0 Å². The summed E-state index contributed by atoms with van der Waals surface area (Å²) in [5.41, 5.74) is -5.43. The number of nitrogens with zero attached hydrogens (tertiary/aromatic N) is 2. The smallest absolute Gasteiger partial charge is 0.324 e. The van der Waals surface area contributed by atoms with E-state index in [2.05, 4.69) is 26.2 Å². The van der Waals surface area contributed by atoms with Crippen LogP contribution in [-0.4, -0.2) is 9.55 Å². The fourth-order valence-electron chi connectivity index (χ4n) is 3.86. The first kappa shape index (κ1) is 26.0. The third-order valence-corrected chi connectivity index (χ3v) is 6.36. The normalized spacial score (nSPS) is 14.2. The first-order valence-electron chi connectivity index (χ1n) is 10.1. The van der Waals surface area contributed by atoms with Gasteiger partial charge in [0.2, 0.25) is 5.95 Å². The van der Waals surface area contributed by atoms with Gasteiger partial charge in [-0.25, -0.2) is 9.55 Å². The van der Waals surface area contributed by atoms with Crippen LogP contribution in [0.5, 0.6) is 0 Å². The first-order valence-corrected chi connectivity index (χ1v) is 10.9. The summed E-state index contributed by atoms with van der Waals surface area (Å²) in [5, 5.41) is 2.09. The highest BCUT2D eigenvalue weighted by atomic mass is 79.9. The van der Waals surface area contributed by atoms with Crippen LogP contribution in [0.15, 0.2) is 45.7 Å². The molecule has 4 nitrogen and oxygen atoms in total. The van der Waals surface area contributed by atoms with Crippen LogP contribution in [0.25, 0.3) is 5.69 Å². The Bertz CT molecular complexity index is 1390. The number of nitrogens with one attached hydrogen (secondary N) is 1. The molecule has 36 heavy (non-hydrogen) atoms. The molecule has 0 spiro atoms. The molecule has 192 valence electrons. The van der Waals surface area contributed by atoms with Crippen molar-refractivity contribution in [1.82, 2.24) is 9.55 Å². The molecule has 0 atom stereocenters. The number of anilines is 2. The van der Waals surface area contributed by atoms with E-state index in [9.17, 15) is 44.3 Å². The predicted molar refractivity (Wildman–Crippen MR) is 114 cm³/mol. The Balaban J connectivity index is 1.95. The van der Waals surface area contributed by atoms with E-state index in [1.165, 1.54) is 12.1 Å². The third-order valence-electron chi connectivity index (χ3n) is 5.50. The van der Waals surface area contributed by atoms with Gasteiger partial charge in [0.05, 0.1) is 27.0 Å². The Morgan fingerprint density at radius 1 is 0.833 bits per heavy atom. The predicted octanol–water partition coefficient (Wildman–Crippen LogP) is 7.28. The summed E-state index contributed by atoms with van der Waals surface area (Å²) in [5.74, 6) is -0.916. The lowest BCUT2D eigenvalue weighted by atomic mass is 10.1. The largest absolute Gasteiger partial charge is 0.433 e. The molecular formula is C22H13BrF9N3O. The van der Waals surface area contributed by atoms with Gasteiger partial charge >= 0.3 is 18.5 Å². The fourth-order valence-corrected chi connectivity index (χ4v) is 4.42. The minimum atomic E-state index is -5.24. The Kier molecular flexibility index (Phi) is 6.38. The number of benzene rings is 2. The maximum atomic E-state index is 13.4. The molecule has 1 aliphatic carbocycles. The van der Waals surface area contributed by atoms with Crippen LogP contribution in [0.4, 0.5) is 51.1 Å². The van der Waals surface area contributed by atoms with Crippen molar-refractivity contribution in [3.63, 3.8) is 0 Å². The molecule has 0 saturated carbocycles. The average Bonchev–Trinajstić information content (AvgIpc) is 3.20. The standard InChI is InChI=1S/C22H13BrF9N3O/c23-18-14(21(27,28)29)7-12(20(24,25)26)8-15(18)33-19-34-16(22(30,31)32)9-17(36)35(19)13-5-4-10-2-1-3-11(10)6-13/h4-9H,1-3H2,(H,33,34). The minimum Gasteiger partial charge on any atom is -0.324 e. The molecule has 0 amide bonds. The van der Waals surface area contributed by atoms with Crippen molar-refractivity contribution < 1.29 is 39.5 Å². The van der Waals surface area contributed by atoms with Crippen molar-refractivity contribution in [2.45, 2.75) is 37.8 Å². The van der Waals surface area contributed by atoms with E-state index in [1.54, 1.807) is 6.07 Å². The maximum absolute atomic E-state index is 13.4. The lowest BCUT2D eigenvalue weighted by molar-refractivity contribution is -0.143. The van der Waals surface area contributed by atoms with Crippen LogP contribution in [-0.2, 0) is 31.4 Å². The van der Waals surface area contributed by atoms with Gasteiger partial charge in [-0.05, 0) is 70.6 Å². The second-order valence-corrected chi connectivity index (χ2v) is 8.74. The highest BCUT2D eigenvalue weighted by molar-refractivity contribution is 9.10. The number of rotatable bonds is 3. The topological polar surface area (TPSA) is 46.9 Å². The number of fused-ring (bicyclic) bond motifs is 1. The van der Waals surface area contributed by atoms with Crippen molar-refractivity contribution in [2.24, 2.45) is 0 Å². The van der Waals surface area contributed by atoms with Crippen molar-refractivity contribution >= 4 is 27.6 Å². The van der Waals surface area contributed by atoms with E-state index < -0.39 is 57.0 Å². The molecule has 0 unspecified atom stereocenters. The average molecular weight is 586 g/mol. The summed E-state index contributed by atoms with van der Waals surface area (Å²) < 4.78 is 120. The van der Waals surface area contributed by atoms with Crippen LogP contribution in [0.3, 0.4) is 0 Å². The van der Waals surface area contributed by atoms with E-state index in [4.69, 9.17) is 0 Å². The lowest BCUT2D eigenvalue weighted by Gasteiger charge is -2.20. The molecular weight excluding hydrogens is 573 g/mol. The lowest BCUT2D eigenvalue weighted by Crippen LogP contribution is -2.26. The Morgan fingerprint density at radius 3 is 2.11 bits per heavy atom. The van der Waals surface area contributed by atoms with Gasteiger partial charge < -0.3 is 5.32 Å². The summed E-state index contributed by atoms with van der Waals surface area (Å²) in [6, 6.07) is 4.91. The van der Waals surface area contributed by atoms with Crippen LogP contribution < -0.4 is 10.9 Å². The first-order chi connectivity index (χ1) is 16.6. The van der Waals surface area contributed by atoms with Gasteiger partial charge in [-0.3, -0.25) is 4.79 Å². The molecule has 0 radical (unpaired) electrons. The third kappa shape index (κ3) is 5.08. The number of halogens is 10. The van der Waals surface area contributed by atoms with E-state index in [0.717, 1.165) is 24.0 Å². The second kappa shape index (κ2) is 8.82. The molecule has 0 aliphatic heterocycles. The van der Waals surface area contributed by atoms with Gasteiger partial charge in [0, 0.05) is 6.07 Å². The summed E-state index contributed by atoms with van der Waals surface area (Å²) in [7, 11) is 0. The van der Waals surface area contributed by atoms with Crippen LogP contribution in [0.1, 0.15) is 34.4 Å². The van der Waals surface area contributed by atoms with Crippen molar-refractivity contribution in [3.05, 3.63) is 79.2 Å². The Labute approximate surface area is 204 Å². The quantitative estimate of drug-likeness (QED) is 0.328. The molecule has 14 heteroatoms. The monoisotopic (exact) mass is 585 g/mol. The molecule has 0 fully saturated rings. The molecule has 4 rings (SSSR count). The van der Waals surface area contributed by atoms with Crippen molar-refractivity contribution in [1.29, 1.82) is 0 Å². The second-order valence-electron chi connectivity index (χ2n) is 7.95. The zero-order valence-corrected chi connectivity index (χ0v) is 19.3. The van der Waals surface area contributed by atoms with Gasteiger partial charge in [0.25, 0.3) is 5.56 Å². The molecule has 1 aromatic heterocycles. The van der Waals surface area contributed by atoms with Crippen LogP contribution >= 0.6 is 15.9 Å². The minimum absolute atomic E-state index is 0.0449. The zero-order chi connectivity index (χ0) is 26.6. The molecule has 3 aromatic rings. The SMILES string of the molecule is O=c1cc(C(F)(F)F)nc(Nc2cc(C(F)(F)F)cc(C(F)(F)F)c2Br)n1-c1ccc2c(c1)CCC2. The van der Waals surface area contributed by atoms with Gasteiger partial charge in [-0.15, -0.1) is 0 Å². The number of hydrogen-bond acceptors (Lipinski definition) is 3. The molecule has 0 saturated heterocycles. The molecule has 1 heterocycles. The zero-order valence-electron chi connectivity index (χ0n) is 17.7. The number of aryl methyl sites for hydroxylation is 2. The maximum Gasteiger partial charge on any atom is 0.433 e. The van der Waals surface area contributed by atoms with Crippen molar-refractivity contribution in [2.75, 3.05) is 5.32 Å². The van der Waals surface area contributed by atoms with E-state index >= 15 is 0 Å². The number of aromatic nitrogens is 2. The summed E-state index contributed by atoms with van der Waals surface area (Å²) in [6.07, 6.45) is -13.4. The highest BCUT2D eigenvalue weighted by Gasteiger charge is 2.40. The number of alkyl halides is 9. The van der Waals surface area contributed by atoms with Gasteiger partial charge in [0.15, 0.2) is 5.69 Å². The van der Waals surface area contributed by atoms with Gasteiger partial charge in [0.1, 0.15) is 0 Å². The molecule has 1 aliphatic rings. The van der Waals surface area contributed by atoms with Crippen molar-refractivity contribution in [3.8, 4) is 5.69 Å².